The van der Waals surface area contributed by atoms with Crippen LogP contribution >= 0.6 is 0 Å². The van der Waals surface area contributed by atoms with Crippen LogP contribution in [0, 0.1) is 5.92 Å². The number of ether oxygens (including phenoxy) is 2. The molecular formula is C20H25N3O3. The summed E-state index contributed by atoms with van der Waals surface area (Å²) in [4.78, 5) is 19.4. The number of amides is 1. The SMILES string of the molecule is COCc1ccccc1-c1cnc2n1CCN(C(=O)[C@H]1CCOC1)CC2. The van der Waals surface area contributed by atoms with E-state index < -0.39 is 0 Å². The van der Waals surface area contributed by atoms with E-state index in [1.807, 2.05) is 23.2 Å². The van der Waals surface area contributed by atoms with Gasteiger partial charge in [0.1, 0.15) is 5.82 Å². The molecule has 6 nitrogen and oxygen atoms in total. The van der Waals surface area contributed by atoms with Gasteiger partial charge < -0.3 is 18.9 Å². The van der Waals surface area contributed by atoms with Gasteiger partial charge in [0, 0.05) is 45.3 Å². The highest BCUT2D eigenvalue weighted by molar-refractivity contribution is 5.79. The number of fused-ring (bicyclic) bond motifs is 1. The molecule has 1 amide bonds. The van der Waals surface area contributed by atoms with Crippen molar-refractivity contribution < 1.29 is 14.3 Å². The van der Waals surface area contributed by atoms with Gasteiger partial charge in [-0.3, -0.25) is 4.79 Å². The normalized spacial score (nSPS) is 20.0. The smallest absolute Gasteiger partial charge is 0.228 e. The minimum atomic E-state index is 0.0299. The summed E-state index contributed by atoms with van der Waals surface area (Å²) in [6, 6.07) is 8.27. The molecule has 0 bridgehead atoms. The second-order valence-corrected chi connectivity index (χ2v) is 6.94. The quantitative estimate of drug-likeness (QED) is 0.843. The van der Waals surface area contributed by atoms with Crippen LogP contribution in [0.25, 0.3) is 11.3 Å². The maximum absolute atomic E-state index is 12.7. The molecule has 0 spiro atoms. The molecule has 1 atom stereocenters. The minimum Gasteiger partial charge on any atom is -0.381 e. The highest BCUT2D eigenvalue weighted by Crippen LogP contribution is 2.27. The molecule has 6 heteroatoms. The van der Waals surface area contributed by atoms with Gasteiger partial charge in [-0.2, -0.15) is 0 Å². The van der Waals surface area contributed by atoms with Gasteiger partial charge in [-0.15, -0.1) is 0 Å². The summed E-state index contributed by atoms with van der Waals surface area (Å²) in [6.07, 6.45) is 3.58. The maximum atomic E-state index is 12.7. The number of carbonyl (C=O) groups is 1. The van der Waals surface area contributed by atoms with E-state index in [4.69, 9.17) is 9.47 Å². The van der Waals surface area contributed by atoms with Crippen molar-refractivity contribution in [1.82, 2.24) is 14.5 Å². The molecule has 1 fully saturated rings. The van der Waals surface area contributed by atoms with Gasteiger partial charge in [0.15, 0.2) is 0 Å². The molecular weight excluding hydrogens is 330 g/mol. The first-order valence-corrected chi connectivity index (χ1v) is 9.26. The molecule has 1 aromatic carbocycles. The molecule has 1 aromatic heterocycles. The first-order chi connectivity index (χ1) is 12.8. The summed E-state index contributed by atoms with van der Waals surface area (Å²) in [5, 5.41) is 0. The lowest BCUT2D eigenvalue weighted by atomic mass is 10.1. The van der Waals surface area contributed by atoms with Crippen molar-refractivity contribution in [1.29, 1.82) is 0 Å². The Hall–Kier alpha value is -2.18. The molecule has 2 aromatic rings. The molecule has 0 N–H and O–H groups in total. The summed E-state index contributed by atoms with van der Waals surface area (Å²) >= 11 is 0. The Labute approximate surface area is 153 Å². The third kappa shape index (κ3) is 3.27. The molecule has 138 valence electrons. The molecule has 3 heterocycles. The standard InChI is InChI=1S/C20H25N3O3/c1-25-13-15-4-2-3-5-17(15)18-12-21-19-6-8-22(9-10-23(18)19)20(24)16-7-11-26-14-16/h2-5,12,16H,6-11,13-14H2,1H3/t16-/m0/s1. The second-order valence-electron chi connectivity index (χ2n) is 6.94. The number of hydrogen-bond donors (Lipinski definition) is 0. The Balaban J connectivity index is 1.56. The molecule has 0 radical (unpaired) electrons. The number of imidazole rings is 1. The van der Waals surface area contributed by atoms with Gasteiger partial charge in [0.05, 0.1) is 31.0 Å². The van der Waals surface area contributed by atoms with Gasteiger partial charge in [0.25, 0.3) is 0 Å². The minimum absolute atomic E-state index is 0.0299. The highest BCUT2D eigenvalue weighted by Gasteiger charge is 2.29. The number of benzene rings is 1. The summed E-state index contributed by atoms with van der Waals surface area (Å²) in [7, 11) is 1.71. The summed E-state index contributed by atoms with van der Waals surface area (Å²) in [5.41, 5.74) is 3.40. The lowest BCUT2D eigenvalue weighted by molar-refractivity contribution is -0.135. The molecule has 1 saturated heterocycles. The first-order valence-electron chi connectivity index (χ1n) is 9.26. The largest absolute Gasteiger partial charge is 0.381 e. The van der Waals surface area contributed by atoms with Gasteiger partial charge in [0.2, 0.25) is 5.91 Å². The maximum Gasteiger partial charge on any atom is 0.228 e. The van der Waals surface area contributed by atoms with E-state index in [2.05, 4.69) is 21.7 Å². The number of methoxy groups -OCH3 is 1. The van der Waals surface area contributed by atoms with Crippen molar-refractivity contribution in [2.24, 2.45) is 5.92 Å². The summed E-state index contributed by atoms with van der Waals surface area (Å²) in [6.45, 7) is 4.06. The average molecular weight is 355 g/mol. The van der Waals surface area contributed by atoms with Crippen LogP contribution in [-0.4, -0.2) is 53.8 Å². The van der Waals surface area contributed by atoms with Crippen LogP contribution in [0.3, 0.4) is 0 Å². The number of nitrogens with zero attached hydrogens (tertiary/aromatic N) is 3. The molecule has 0 aliphatic carbocycles. The average Bonchev–Trinajstić information content (AvgIpc) is 3.28. The molecule has 0 unspecified atom stereocenters. The monoisotopic (exact) mass is 355 g/mol. The first kappa shape index (κ1) is 17.2. The van der Waals surface area contributed by atoms with Crippen molar-refractivity contribution in [2.75, 3.05) is 33.4 Å². The lowest BCUT2D eigenvalue weighted by Gasteiger charge is -2.23. The van der Waals surface area contributed by atoms with E-state index >= 15 is 0 Å². The highest BCUT2D eigenvalue weighted by atomic mass is 16.5. The van der Waals surface area contributed by atoms with Gasteiger partial charge >= 0.3 is 0 Å². The predicted octanol–water partition coefficient (Wildman–Crippen LogP) is 2.12. The van der Waals surface area contributed by atoms with Crippen LogP contribution in [0.15, 0.2) is 30.5 Å². The molecule has 2 aliphatic heterocycles. The summed E-state index contributed by atoms with van der Waals surface area (Å²) in [5.74, 6) is 1.31. The Morgan fingerprint density at radius 1 is 1.31 bits per heavy atom. The predicted molar refractivity (Wildman–Crippen MR) is 97.6 cm³/mol. The van der Waals surface area contributed by atoms with Gasteiger partial charge in [-0.05, 0) is 12.0 Å². The third-order valence-corrected chi connectivity index (χ3v) is 5.32. The zero-order chi connectivity index (χ0) is 17.9. The van der Waals surface area contributed by atoms with Crippen LogP contribution < -0.4 is 0 Å². The van der Waals surface area contributed by atoms with Crippen molar-refractivity contribution in [3.05, 3.63) is 41.9 Å². The van der Waals surface area contributed by atoms with Crippen LogP contribution in [0.1, 0.15) is 17.8 Å². The van der Waals surface area contributed by atoms with Gasteiger partial charge in [-0.25, -0.2) is 4.98 Å². The van der Waals surface area contributed by atoms with Crippen LogP contribution in [0.5, 0.6) is 0 Å². The van der Waals surface area contributed by atoms with E-state index in [-0.39, 0.29) is 11.8 Å². The number of carbonyl (C=O) groups excluding carboxylic acids is 1. The zero-order valence-electron chi connectivity index (χ0n) is 15.2. The van der Waals surface area contributed by atoms with E-state index in [1.54, 1.807) is 7.11 Å². The fraction of sp³-hybridized carbons (Fsp3) is 0.500. The van der Waals surface area contributed by atoms with E-state index in [0.29, 0.717) is 19.8 Å². The second kappa shape index (κ2) is 7.60. The van der Waals surface area contributed by atoms with Crippen LogP contribution in [0.2, 0.25) is 0 Å². The number of hydrogen-bond acceptors (Lipinski definition) is 4. The van der Waals surface area contributed by atoms with E-state index in [9.17, 15) is 4.79 Å². The lowest BCUT2D eigenvalue weighted by Crippen LogP contribution is -2.38. The molecule has 4 rings (SSSR count). The molecule has 2 aliphatic rings. The summed E-state index contributed by atoms with van der Waals surface area (Å²) < 4.78 is 13.0. The number of rotatable bonds is 4. The number of aromatic nitrogens is 2. The van der Waals surface area contributed by atoms with E-state index in [0.717, 1.165) is 55.1 Å². The molecule has 26 heavy (non-hydrogen) atoms. The Morgan fingerprint density at radius 3 is 3.00 bits per heavy atom. The van der Waals surface area contributed by atoms with E-state index in [1.165, 1.54) is 0 Å². The Bertz CT molecular complexity index is 780. The van der Waals surface area contributed by atoms with Gasteiger partial charge in [-0.1, -0.05) is 24.3 Å². The fourth-order valence-electron chi connectivity index (χ4n) is 3.90. The third-order valence-electron chi connectivity index (χ3n) is 5.32. The Kier molecular flexibility index (Phi) is 5.04. The van der Waals surface area contributed by atoms with Crippen LogP contribution in [-0.2, 0) is 33.8 Å². The van der Waals surface area contributed by atoms with Crippen molar-refractivity contribution in [3.63, 3.8) is 0 Å². The Morgan fingerprint density at radius 2 is 2.19 bits per heavy atom. The van der Waals surface area contributed by atoms with Crippen LogP contribution in [0.4, 0.5) is 0 Å². The van der Waals surface area contributed by atoms with Crippen molar-refractivity contribution in [2.45, 2.75) is 26.0 Å². The van der Waals surface area contributed by atoms with Crippen molar-refractivity contribution in [3.8, 4) is 11.3 Å². The van der Waals surface area contributed by atoms with Crippen molar-refractivity contribution >= 4 is 5.91 Å². The zero-order valence-corrected chi connectivity index (χ0v) is 15.2. The topological polar surface area (TPSA) is 56.6 Å². The molecule has 0 saturated carbocycles. The fourth-order valence-corrected chi connectivity index (χ4v) is 3.90.